The van der Waals surface area contributed by atoms with Gasteiger partial charge in [0.2, 0.25) is 0 Å². The van der Waals surface area contributed by atoms with Gasteiger partial charge < -0.3 is 5.32 Å². The first-order valence-electron chi connectivity index (χ1n) is 5.63. The fraction of sp³-hybridized carbons (Fsp3) is 1.00. The Morgan fingerprint density at radius 2 is 1.93 bits per heavy atom. The molecule has 0 rings (SSSR count). The van der Waals surface area contributed by atoms with Gasteiger partial charge in [-0.3, -0.25) is 4.21 Å². The van der Waals surface area contributed by atoms with Gasteiger partial charge in [-0.25, -0.2) is 0 Å². The number of hydrogen-bond donors (Lipinski definition) is 1. The molecule has 0 fully saturated rings. The fourth-order valence-electron chi connectivity index (χ4n) is 1.29. The van der Waals surface area contributed by atoms with Crippen molar-refractivity contribution >= 4 is 10.8 Å². The molecule has 0 aliphatic carbocycles. The molecule has 0 spiro atoms. The monoisotopic (exact) mass is 219 g/mol. The Kier molecular flexibility index (Phi) is 8.49. The molecule has 0 aromatic heterocycles. The van der Waals surface area contributed by atoms with E-state index in [0.717, 1.165) is 6.54 Å². The predicted octanol–water partition coefficient (Wildman–Crippen LogP) is 2.31. The molecule has 86 valence electrons. The van der Waals surface area contributed by atoms with Gasteiger partial charge in [-0.1, -0.05) is 26.2 Å². The van der Waals surface area contributed by atoms with Crippen LogP contribution >= 0.6 is 0 Å². The van der Waals surface area contributed by atoms with Gasteiger partial charge in [-0.2, -0.15) is 0 Å². The van der Waals surface area contributed by atoms with Crippen molar-refractivity contribution in [3.63, 3.8) is 0 Å². The highest BCUT2D eigenvalue weighted by atomic mass is 32.2. The molecule has 0 aliphatic heterocycles. The van der Waals surface area contributed by atoms with Crippen LogP contribution < -0.4 is 5.32 Å². The molecule has 3 atom stereocenters. The van der Waals surface area contributed by atoms with Gasteiger partial charge in [0.05, 0.1) is 0 Å². The van der Waals surface area contributed by atoms with Gasteiger partial charge >= 0.3 is 0 Å². The second kappa shape index (κ2) is 8.42. The van der Waals surface area contributed by atoms with Gasteiger partial charge in [-0.15, -0.1) is 0 Å². The zero-order valence-electron chi connectivity index (χ0n) is 10.0. The Balaban J connectivity index is 3.43. The summed E-state index contributed by atoms with van der Waals surface area (Å²) in [5, 5.41) is 3.70. The molecule has 1 N–H and O–H groups in total. The molecule has 0 bridgehead atoms. The average molecular weight is 219 g/mol. The lowest BCUT2D eigenvalue weighted by Gasteiger charge is -2.16. The summed E-state index contributed by atoms with van der Waals surface area (Å²) in [4.78, 5) is 0. The maximum Gasteiger partial charge on any atom is 0.0441 e. The fourth-order valence-corrected chi connectivity index (χ4v) is 1.62. The molecule has 0 aromatic rings. The number of hydrogen-bond acceptors (Lipinski definition) is 2. The zero-order valence-corrected chi connectivity index (χ0v) is 10.8. The summed E-state index contributed by atoms with van der Waals surface area (Å²) in [6.07, 6.45) is 6.91. The van der Waals surface area contributed by atoms with Gasteiger partial charge in [-0.05, 0) is 20.3 Å². The SMILES string of the molecule is CCCCCC(C)NCC(C)S(C)=O. The smallest absolute Gasteiger partial charge is 0.0441 e. The van der Waals surface area contributed by atoms with E-state index in [0.29, 0.717) is 6.04 Å². The molecule has 0 aliphatic rings. The maximum atomic E-state index is 11.1. The molecule has 14 heavy (non-hydrogen) atoms. The summed E-state index contributed by atoms with van der Waals surface area (Å²) in [7, 11) is -0.697. The summed E-state index contributed by atoms with van der Waals surface area (Å²) >= 11 is 0. The molecule has 3 heteroatoms. The van der Waals surface area contributed by atoms with E-state index in [1.165, 1.54) is 25.7 Å². The van der Waals surface area contributed by atoms with Crippen LogP contribution in [0.4, 0.5) is 0 Å². The highest BCUT2D eigenvalue weighted by Crippen LogP contribution is 2.03. The van der Waals surface area contributed by atoms with E-state index >= 15 is 0 Å². The first-order chi connectivity index (χ1) is 6.57. The van der Waals surface area contributed by atoms with Crippen molar-refractivity contribution in [1.82, 2.24) is 5.32 Å². The maximum absolute atomic E-state index is 11.1. The van der Waals surface area contributed by atoms with Gasteiger partial charge in [0.15, 0.2) is 0 Å². The summed E-state index contributed by atoms with van der Waals surface area (Å²) in [5.41, 5.74) is 0. The third kappa shape index (κ3) is 7.51. The normalized spacial score (nSPS) is 17.7. The Morgan fingerprint density at radius 3 is 2.43 bits per heavy atom. The minimum atomic E-state index is -0.697. The van der Waals surface area contributed by atoms with Gasteiger partial charge in [0.25, 0.3) is 0 Å². The minimum absolute atomic E-state index is 0.267. The zero-order chi connectivity index (χ0) is 11.0. The van der Waals surface area contributed by atoms with E-state index in [-0.39, 0.29) is 5.25 Å². The van der Waals surface area contributed by atoms with Gasteiger partial charge in [0.1, 0.15) is 0 Å². The van der Waals surface area contributed by atoms with Gasteiger partial charge in [0, 0.05) is 34.9 Å². The lowest BCUT2D eigenvalue weighted by atomic mass is 10.1. The summed E-state index contributed by atoms with van der Waals surface area (Å²) in [6.45, 7) is 7.33. The lowest BCUT2D eigenvalue weighted by Crippen LogP contribution is -2.34. The van der Waals surface area contributed by atoms with Crippen molar-refractivity contribution in [2.75, 3.05) is 12.8 Å². The van der Waals surface area contributed by atoms with E-state index in [1.54, 1.807) is 6.26 Å². The van der Waals surface area contributed by atoms with E-state index in [4.69, 9.17) is 0 Å². The number of unbranched alkanes of at least 4 members (excludes halogenated alkanes) is 2. The van der Waals surface area contributed by atoms with Crippen LogP contribution in [0.5, 0.6) is 0 Å². The largest absolute Gasteiger partial charge is 0.313 e. The molecule has 0 heterocycles. The summed E-state index contributed by atoms with van der Waals surface area (Å²) in [6, 6.07) is 0.563. The van der Waals surface area contributed by atoms with Crippen molar-refractivity contribution < 1.29 is 4.21 Å². The molecular weight excluding hydrogens is 194 g/mol. The van der Waals surface area contributed by atoms with Crippen LogP contribution in [-0.4, -0.2) is 28.3 Å². The minimum Gasteiger partial charge on any atom is -0.313 e. The molecule has 2 nitrogen and oxygen atoms in total. The topological polar surface area (TPSA) is 29.1 Å². The quantitative estimate of drug-likeness (QED) is 0.635. The van der Waals surface area contributed by atoms with Crippen LogP contribution in [0, 0.1) is 0 Å². The van der Waals surface area contributed by atoms with Crippen molar-refractivity contribution in [2.24, 2.45) is 0 Å². The van der Waals surface area contributed by atoms with E-state index in [9.17, 15) is 4.21 Å². The predicted molar refractivity (Wildman–Crippen MR) is 65.1 cm³/mol. The van der Waals surface area contributed by atoms with Crippen LogP contribution in [0.1, 0.15) is 46.5 Å². The first-order valence-corrected chi connectivity index (χ1v) is 7.25. The van der Waals surface area contributed by atoms with Crippen molar-refractivity contribution in [3.8, 4) is 0 Å². The van der Waals surface area contributed by atoms with Crippen LogP contribution in [0.2, 0.25) is 0 Å². The highest BCUT2D eigenvalue weighted by Gasteiger charge is 2.07. The Morgan fingerprint density at radius 1 is 1.29 bits per heavy atom. The standard InChI is InChI=1S/C11H25NOS/c1-5-6-7-8-10(2)12-9-11(3)14(4)13/h10-12H,5-9H2,1-4H3. The first kappa shape index (κ1) is 14.1. The molecule has 3 unspecified atom stereocenters. The van der Waals surface area contributed by atoms with E-state index in [1.807, 2.05) is 6.92 Å². The van der Waals surface area contributed by atoms with Crippen molar-refractivity contribution in [2.45, 2.75) is 57.7 Å². The Labute approximate surface area is 91.3 Å². The molecule has 0 amide bonds. The van der Waals surface area contributed by atoms with Crippen molar-refractivity contribution in [1.29, 1.82) is 0 Å². The Hall–Kier alpha value is 0.110. The second-order valence-corrected chi connectivity index (χ2v) is 5.92. The third-order valence-electron chi connectivity index (χ3n) is 2.56. The number of rotatable bonds is 8. The highest BCUT2D eigenvalue weighted by molar-refractivity contribution is 7.84. The van der Waals surface area contributed by atoms with Crippen LogP contribution in [0.15, 0.2) is 0 Å². The summed E-state index contributed by atoms with van der Waals surface area (Å²) in [5.74, 6) is 0. The lowest BCUT2D eigenvalue weighted by molar-refractivity contribution is 0.488. The summed E-state index contributed by atoms with van der Waals surface area (Å²) < 4.78 is 11.1. The van der Waals surface area contributed by atoms with E-state index in [2.05, 4.69) is 19.2 Å². The van der Waals surface area contributed by atoms with Crippen LogP contribution in [-0.2, 0) is 10.8 Å². The van der Waals surface area contributed by atoms with Crippen molar-refractivity contribution in [3.05, 3.63) is 0 Å². The molecular formula is C11H25NOS. The average Bonchev–Trinajstić information content (AvgIpc) is 2.14. The van der Waals surface area contributed by atoms with E-state index < -0.39 is 10.8 Å². The second-order valence-electron chi connectivity index (χ2n) is 4.11. The molecule has 0 aromatic carbocycles. The molecule has 0 saturated carbocycles. The number of nitrogens with one attached hydrogen (secondary N) is 1. The Bertz CT molecular complexity index is 161. The van der Waals surface area contributed by atoms with Crippen LogP contribution in [0.3, 0.4) is 0 Å². The van der Waals surface area contributed by atoms with Crippen LogP contribution in [0.25, 0.3) is 0 Å². The third-order valence-corrected chi connectivity index (χ3v) is 3.86. The molecule has 0 saturated heterocycles. The molecule has 0 radical (unpaired) electrons.